The third kappa shape index (κ3) is 47.3. The molecule has 0 aromatic heterocycles. The average molecular weight is 835 g/mol. The average Bonchev–Trinajstić information content (AvgIpc) is 3.22. The SMILES string of the molecule is CCCCCCCCCCCCCCCCCCCCC(=O)OC[C@@H](COC(=O)CCCCCCCCCCCCCCCC)OC(=O)CCCCCCCCC(C)C. The number of carbonyl (C=O) groups excluding carboxylic acids is 3. The summed E-state index contributed by atoms with van der Waals surface area (Å²) in [7, 11) is 0. The molecule has 0 fully saturated rings. The third-order valence-corrected chi connectivity index (χ3v) is 12.0. The third-order valence-electron chi connectivity index (χ3n) is 12.0. The Morgan fingerprint density at radius 3 is 0.831 bits per heavy atom. The van der Waals surface area contributed by atoms with Crippen molar-refractivity contribution in [3.63, 3.8) is 0 Å². The lowest BCUT2D eigenvalue weighted by Crippen LogP contribution is -2.30. The minimum atomic E-state index is -0.761. The Hall–Kier alpha value is -1.59. The highest BCUT2D eigenvalue weighted by Crippen LogP contribution is 2.17. The van der Waals surface area contributed by atoms with Gasteiger partial charge in [-0.05, 0) is 25.2 Å². The van der Waals surface area contributed by atoms with Crippen molar-refractivity contribution < 1.29 is 28.6 Å². The lowest BCUT2D eigenvalue weighted by molar-refractivity contribution is -0.167. The van der Waals surface area contributed by atoms with Crippen LogP contribution in [0.2, 0.25) is 0 Å². The predicted octanol–water partition coefficient (Wildman–Crippen LogP) is 17.1. The molecule has 0 N–H and O–H groups in total. The molecule has 0 amide bonds. The van der Waals surface area contributed by atoms with Crippen LogP contribution in [-0.2, 0) is 28.6 Å². The second-order valence-electron chi connectivity index (χ2n) is 18.6. The topological polar surface area (TPSA) is 78.9 Å². The van der Waals surface area contributed by atoms with Gasteiger partial charge in [0.25, 0.3) is 0 Å². The van der Waals surface area contributed by atoms with Crippen LogP contribution in [0.3, 0.4) is 0 Å². The largest absolute Gasteiger partial charge is 0.462 e. The number of rotatable bonds is 48. The van der Waals surface area contributed by atoms with Crippen LogP contribution in [0.4, 0.5) is 0 Å². The predicted molar refractivity (Wildman–Crippen MR) is 252 cm³/mol. The first-order valence-electron chi connectivity index (χ1n) is 26.4. The van der Waals surface area contributed by atoms with E-state index in [9.17, 15) is 14.4 Å². The van der Waals surface area contributed by atoms with Crippen molar-refractivity contribution in [1.82, 2.24) is 0 Å². The molecule has 0 aliphatic carbocycles. The molecule has 1 atom stereocenters. The van der Waals surface area contributed by atoms with Crippen LogP contribution in [0.25, 0.3) is 0 Å². The van der Waals surface area contributed by atoms with E-state index in [0.29, 0.717) is 19.3 Å². The zero-order valence-corrected chi connectivity index (χ0v) is 40.2. The van der Waals surface area contributed by atoms with Gasteiger partial charge in [0, 0.05) is 19.3 Å². The van der Waals surface area contributed by atoms with E-state index < -0.39 is 6.10 Å². The van der Waals surface area contributed by atoms with Crippen molar-refractivity contribution in [2.75, 3.05) is 13.2 Å². The summed E-state index contributed by atoms with van der Waals surface area (Å²) in [5.74, 6) is -0.0902. The normalized spacial score (nSPS) is 11.9. The standard InChI is InChI=1S/C53H102O6/c1-5-7-9-11-13-15-17-19-21-22-23-24-26-28-30-32-37-41-45-52(55)58-48-50(59-53(56)46-42-38-34-33-35-39-43-49(3)4)47-57-51(54)44-40-36-31-29-27-25-20-18-16-14-12-10-8-6-2/h49-50H,5-48H2,1-4H3/t50-/m1/s1. The Labute approximate surface area is 368 Å². The van der Waals surface area contributed by atoms with Crippen LogP contribution >= 0.6 is 0 Å². The summed E-state index contributed by atoms with van der Waals surface area (Å²) in [5, 5.41) is 0. The Kier molecular flexibility index (Phi) is 46.2. The molecule has 0 aliphatic heterocycles. The minimum Gasteiger partial charge on any atom is -0.462 e. The van der Waals surface area contributed by atoms with E-state index in [-0.39, 0.29) is 31.1 Å². The minimum absolute atomic E-state index is 0.0639. The van der Waals surface area contributed by atoms with Crippen molar-refractivity contribution in [2.24, 2.45) is 5.92 Å². The van der Waals surface area contributed by atoms with Crippen molar-refractivity contribution in [3.05, 3.63) is 0 Å². The molecule has 350 valence electrons. The zero-order chi connectivity index (χ0) is 43.1. The summed E-state index contributed by atoms with van der Waals surface area (Å²) in [6, 6.07) is 0. The van der Waals surface area contributed by atoms with Crippen molar-refractivity contribution in [3.8, 4) is 0 Å². The van der Waals surface area contributed by atoms with E-state index in [2.05, 4.69) is 27.7 Å². The Balaban J connectivity index is 4.21. The molecule has 0 aromatic rings. The molecule has 0 rings (SSSR count). The molecule has 0 aromatic carbocycles. The summed E-state index contributed by atoms with van der Waals surface area (Å²) in [6.07, 6.45) is 49.6. The van der Waals surface area contributed by atoms with E-state index >= 15 is 0 Å². The summed E-state index contributed by atoms with van der Waals surface area (Å²) < 4.78 is 16.8. The van der Waals surface area contributed by atoms with E-state index in [4.69, 9.17) is 14.2 Å². The van der Waals surface area contributed by atoms with Crippen LogP contribution in [0.5, 0.6) is 0 Å². The van der Waals surface area contributed by atoms with E-state index in [1.54, 1.807) is 0 Å². The van der Waals surface area contributed by atoms with Gasteiger partial charge >= 0.3 is 17.9 Å². The molecule has 6 nitrogen and oxygen atoms in total. The first-order chi connectivity index (χ1) is 28.9. The maximum atomic E-state index is 12.7. The van der Waals surface area contributed by atoms with E-state index in [0.717, 1.165) is 63.7 Å². The molecule has 0 bridgehead atoms. The van der Waals surface area contributed by atoms with Gasteiger partial charge in [-0.3, -0.25) is 14.4 Å². The lowest BCUT2D eigenvalue weighted by atomic mass is 10.0. The van der Waals surface area contributed by atoms with Gasteiger partial charge in [-0.15, -0.1) is 0 Å². The summed E-state index contributed by atoms with van der Waals surface area (Å²) in [5.41, 5.74) is 0. The molecular formula is C53H102O6. The molecule has 0 aliphatic rings. The second-order valence-corrected chi connectivity index (χ2v) is 18.6. The summed E-state index contributed by atoms with van der Waals surface area (Å²) in [4.78, 5) is 37.9. The number of hydrogen-bond donors (Lipinski definition) is 0. The summed E-state index contributed by atoms with van der Waals surface area (Å²) in [6.45, 7) is 8.96. The smallest absolute Gasteiger partial charge is 0.306 e. The number of unbranched alkanes of at least 4 members (excludes halogenated alkanes) is 35. The molecule has 0 spiro atoms. The highest BCUT2D eigenvalue weighted by atomic mass is 16.6. The fourth-order valence-corrected chi connectivity index (χ4v) is 8.04. The molecule has 0 saturated carbocycles. The van der Waals surface area contributed by atoms with Gasteiger partial charge < -0.3 is 14.2 Å². The van der Waals surface area contributed by atoms with Gasteiger partial charge in [-0.25, -0.2) is 0 Å². The quantitative estimate of drug-likeness (QED) is 0.0345. The second kappa shape index (κ2) is 47.5. The van der Waals surface area contributed by atoms with Crippen LogP contribution < -0.4 is 0 Å². The van der Waals surface area contributed by atoms with Crippen LogP contribution in [-0.4, -0.2) is 37.2 Å². The Morgan fingerprint density at radius 1 is 0.322 bits per heavy atom. The molecule has 0 heterocycles. The van der Waals surface area contributed by atoms with Crippen molar-refractivity contribution in [1.29, 1.82) is 0 Å². The molecule has 0 radical (unpaired) electrons. The molecule has 0 saturated heterocycles. The van der Waals surface area contributed by atoms with Gasteiger partial charge in [0.1, 0.15) is 13.2 Å². The lowest BCUT2D eigenvalue weighted by Gasteiger charge is -2.18. The zero-order valence-electron chi connectivity index (χ0n) is 40.2. The highest BCUT2D eigenvalue weighted by molar-refractivity contribution is 5.71. The fourth-order valence-electron chi connectivity index (χ4n) is 8.04. The van der Waals surface area contributed by atoms with Gasteiger partial charge in [0.2, 0.25) is 0 Å². The molecule has 59 heavy (non-hydrogen) atoms. The van der Waals surface area contributed by atoms with Gasteiger partial charge in [-0.2, -0.15) is 0 Å². The van der Waals surface area contributed by atoms with Gasteiger partial charge in [0.15, 0.2) is 6.10 Å². The Morgan fingerprint density at radius 2 is 0.559 bits per heavy atom. The van der Waals surface area contributed by atoms with E-state index in [1.165, 1.54) is 193 Å². The summed E-state index contributed by atoms with van der Waals surface area (Å²) >= 11 is 0. The monoisotopic (exact) mass is 835 g/mol. The number of hydrogen-bond acceptors (Lipinski definition) is 6. The van der Waals surface area contributed by atoms with Crippen LogP contribution in [0, 0.1) is 5.92 Å². The van der Waals surface area contributed by atoms with Crippen molar-refractivity contribution >= 4 is 17.9 Å². The fraction of sp³-hybridized carbons (Fsp3) is 0.943. The van der Waals surface area contributed by atoms with Crippen LogP contribution in [0.1, 0.15) is 297 Å². The first-order valence-corrected chi connectivity index (χ1v) is 26.4. The maximum absolute atomic E-state index is 12.7. The molecular weight excluding hydrogens is 733 g/mol. The maximum Gasteiger partial charge on any atom is 0.306 e. The number of carbonyl (C=O) groups is 3. The Bertz CT molecular complexity index is 887. The van der Waals surface area contributed by atoms with Crippen LogP contribution in [0.15, 0.2) is 0 Å². The van der Waals surface area contributed by atoms with Gasteiger partial charge in [0.05, 0.1) is 0 Å². The van der Waals surface area contributed by atoms with Crippen molar-refractivity contribution in [2.45, 2.75) is 303 Å². The van der Waals surface area contributed by atoms with E-state index in [1.807, 2.05) is 0 Å². The number of esters is 3. The number of ether oxygens (including phenoxy) is 3. The molecule has 0 unspecified atom stereocenters. The highest BCUT2D eigenvalue weighted by Gasteiger charge is 2.19. The van der Waals surface area contributed by atoms with Gasteiger partial charge in [-0.1, -0.05) is 259 Å². The first kappa shape index (κ1) is 57.4. The molecule has 6 heteroatoms.